The summed E-state index contributed by atoms with van der Waals surface area (Å²) in [6, 6.07) is 18.4. The Balaban J connectivity index is 1.52. The molecule has 22 heavy (non-hydrogen) atoms. The third-order valence-electron chi connectivity index (χ3n) is 3.40. The Labute approximate surface area is 139 Å². The number of thioether (sulfide) groups is 1. The number of aromatic nitrogens is 1. The van der Waals surface area contributed by atoms with E-state index >= 15 is 0 Å². The summed E-state index contributed by atoms with van der Waals surface area (Å²) >= 11 is 8.28. The topological polar surface area (TPSA) is 24.9 Å². The van der Waals surface area contributed by atoms with Crippen LogP contribution in [-0.4, -0.2) is 17.3 Å². The average Bonchev–Trinajstić information content (AvgIpc) is 2.58. The summed E-state index contributed by atoms with van der Waals surface area (Å²) in [6.07, 6.45) is 1.82. The molecule has 1 heterocycles. The number of benzene rings is 2. The third-order valence-corrected chi connectivity index (χ3v) is 4.98. The molecule has 0 saturated carbocycles. The zero-order valence-electron chi connectivity index (χ0n) is 12.1. The monoisotopic (exact) mass is 328 g/mol. The van der Waals surface area contributed by atoms with E-state index in [1.807, 2.05) is 36.5 Å². The van der Waals surface area contributed by atoms with Gasteiger partial charge in [0.05, 0.1) is 10.7 Å². The summed E-state index contributed by atoms with van der Waals surface area (Å²) in [4.78, 5) is 5.43. The second-order valence-electron chi connectivity index (χ2n) is 4.95. The highest BCUT2D eigenvalue weighted by molar-refractivity contribution is 7.99. The maximum atomic E-state index is 6.50. The van der Waals surface area contributed by atoms with Crippen molar-refractivity contribution in [2.24, 2.45) is 0 Å². The number of nitrogens with zero attached hydrogens (tertiary/aromatic N) is 1. The fourth-order valence-electron chi connectivity index (χ4n) is 2.28. The van der Waals surface area contributed by atoms with Gasteiger partial charge in [0.25, 0.3) is 0 Å². The summed E-state index contributed by atoms with van der Waals surface area (Å²) in [5.41, 5.74) is 1.07. The van der Waals surface area contributed by atoms with Crippen LogP contribution in [0, 0.1) is 0 Å². The number of halogens is 1. The van der Waals surface area contributed by atoms with Gasteiger partial charge in [0.15, 0.2) is 0 Å². The fourth-order valence-corrected chi connectivity index (χ4v) is 3.54. The van der Waals surface area contributed by atoms with E-state index in [1.165, 1.54) is 5.39 Å². The highest BCUT2D eigenvalue weighted by atomic mass is 35.5. The van der Waals surface area contributed by atoms with Crippen molar-refractivity contribution in [3.8, 4) is 0 Å². The Bertz CT molecular complexity index is 746. The molecule has 4 heteroatoms. The molecule has 112 valence electrons. The first-order chi connectivity index (χ1) is 10.8. The molecule has 2 aromatic carbocycles. The fraction of sp³-hybridized carbons (Fsp3) is 0.167. The van der Waals surface area contributed by atoms with Gasteiger partial charge in [-0.05, 0) is 23.6 Å². The number of rotatable bonds is 6. The summed E-state index contributed by atoms with van der Waals surface area (Å²) in [5, 5.41) is 6.56. The zero-order valence-corrected chi connectivity index (χ0v) is 13.7. The van der Waals surface area contributed by atoms with Crippen LogP contribution in [0.2, 0.25) is 5.02 Å². The highest BCUT2D eigenvalue weighted by Gasteiger charge is 2.05. The van der Waals surface area contributed by atoms with Gasteiger partial charge in [-0.3, -0.25) is 4.98 Å². The zero-order chi connectivity index (χ0) is 15.2. The second kappa shape index (κ2) is 7.63. The van der Waals surface area contributed by atoms with Crippen molar-refractivity contribution in [2.75, 3.05) is 12.3 Å². The van der Waals surface area contributed by atoms with Crippen LogP contribution in [0.4, 0.5) is 0 Å². The standard InChI is InChI=1S/C18H17ClN2S/c19-18-16-7-2-1-5-14(16)8-9-17(18)22-12-11-20-13-15-6-3-4-10-21-15/h1-10,20H,11-13H2. The predicted octanol–water partition coefficient (Wildman–Crippen LogP) is 4.77. The Morgan fingerprint density at radius 1 is 1.00 bits per heavy atom. The van der Waals surface area contributed by atoms with Gasteiger partial charge in [-0.15, -0.1) is 11.8 Å². The molecule has 1 N–H and O–H groups in total. The van der Waals surface area contributed by atoms with Crippen molar-refractivity contribution in [3.63, 3.8) is 0 Å². The van der Waals surface area contributed by atoms with Crippen molar-refractivity contribution >= 4 is 34.1 Å². The minimum Gasteiger partial charge on any atom is -0.310 e. The second-order valence-corrected chi connectivity index (χ2v) is 6.46. The molecular weight excluding hydrogens is 312 g/mol. The van der Waals surface area contributed by atoms with Gasteiger partial charge in [-0.2, -0.15) is 0 Å². The number of fused-ring (bicyclic) bond motifs is 1. The lowest BCUT2D eigenvalue weighted by Crippen LogP contribution is -2.17. The van der Waals surface area contributed by atoms with E-state index in [0.29, 0.717) is 0 Å². The molecule has 3 rings (SSSR count). The minimum atomic E-state index is 0.798. The molecule has 0 atom stereocenters. The van der Waals surface area contributed by atoms with Crippen molar-refractivity contribution < 1.29 is 0 Å². The lowest BCUT2D eigenvalue weighted by Gasteiger charge is -2.08. The van der Waals surface area contributed by atoms with Crippen molar-refractivity contribution in [3.05, 3.63) is 71.5 Å². The van der Waals surface area contributed by atoms with E-state index in [2.05, 4.69) is 34.6 Å². The van der Waals surface area contributed by atoms with Crippen LogP contribution in [0.1, 0.15) is 5.69 Å². The molecule has 0 aliphatic carbocycles. The van der Waals surface area contributed by atoms with Gasteiger partial charge in [0, 0.05) is 35.3 Å². The normalized spacial score (nSPS) is 11.0. The van der Waals surface area contributed by atoms with Crippen molar-refractivity contribution in [1.29, 1.82) is 0 Å². The number of hydrogen-bond donors (Lipinski definition) is 1. The smallest absolute Gasteiger partial charge is 0.0620 e. The van der Waals surface area contributed by atoms with Crippen LogP contribution >= 0.6 is 23.4 Å². The minimum absolute atomic E-state index is 0.798. The lowest BCUT2D eigenvalue weighted by atomic mass is 10.1. The average molecular weight is 329 g/mol. The molecule has 3 aromatic rings. The Morgan fingerprint density at radius 2 is 1.86 bits per heavy atom. The Hall–Kier alpha value is -1.55. The molecule has 0 radical (unpaired) electrons. The number of nitrogens with one attached hydrogen (secondary N) is 1. The van der Waals surface area contributed by atoms with E-state index in [9.17, 15) is 0 Å². The van der Waals surface area contributed by atoms with E-state index in [4.69, 9.17) is 11.6 Å². The third kappa shape index (κ3) is 3.80. The molecule has 2 nitrogen and oxygen atoms in total. The van der Waals surface area contributed by atoms with Gasteiger partial charge in [-0.1, -0.05) is 48.0 Å². The number of hydrogen-bond acceptors (Lipinski definition) is 3. The van der Waals surface area contributed by atoms with Crippen LogP contribution in [0.3, 0.4) is 0 Å². The first-order valence-electron chi connectivity index (χ1n) is 7.25. The lowest BCUT2D eigenvalue weighted by molar-refractivity contribution is 0.715. The quantitative estimate of drug-likeness (QED) is 0.521. The Kier molecular flexibility index (Phi) is 5.33. The summed E-state index contributed by atoms with van der Waals surface area (Å²) in [7, 11) is 0. The van der Waals surface area contributed by atoms with E-state index in [1.54, 1.807) is 11.8 Å². The van der Waals surface area contributed by atoms with Gasteiger partial charge >= 0.3 is 0 Å². The summed E-state index contributed by atoms with van der Waals surface area (Å²) in [5.74, 6) is 0.977. The van der Waals surface area contributed by atoms with E-state index in [0.717, 1.165) is 39.8 Å². The van der Waals surface area contributed by atoms with E-state index < -0.39 is 0 Å². The summed E-state index contributed by atoms with van der Waals surface area (Å²) in [6.45, 7) is 1.72. The largest absolute Gasteiger partial charge is 0.310 e. The molecular formula is C18H17ClN2S. The molecule has 0 aliphatic heterocycles. The maximum absolute atomic E-state index is 6.50. The SMILES string of the molecule is Clc1c(SCCNCc2ccccn2)ccc2ccccc12. The van der Waals surface area contributed by atoms with Gasteiger partial charge in [-0.25, -0.2) is 0 Å². The van der Waals surface area contributed by atoms with Gasteiger partial charge in [0.1, 0.15) is 0 Å². The van der Waals surface area contributed by atoms with Crippen LogP contribution < -0.4 is 5.32 Å². The molecule has 0 aliphatic rings. The Morgan fingerprint density at radius 3 is 2.73 bits per heavy atom. The predicted molar refractivity (Wildman–Crippen MR) is 95.6 cm³/mol. The highest BCUT2D eigenvalue weighted by Crippen LogP contribution is 2.33. The maximum Gasteiger partial charge on any atom is 0.0620 e. The molecule has 0 bridgehead atoms. The number of pyridine rings is 1. The molecule has 0 spiro atoms. The molecule has 0 unspecified atom stereocenters. The first-order valence-corrected chi connectivity index (χ1v) is 8.61. The van der Waals surface area contributed by atoms with Crippen LogP contribution in [0.5, 0.6) is 0 Å². The van der Waals surface area contributed by atoms with Crippen LogP contribution in [-0.2, 0) is 6.54 Å². The van der Waals surface area contributed by atoms with E-state index in [-0.39, 0.29) is 0 Å². The first kappa shape index (κ1) is 15.3. The molecule has 0 fully saturated rings. The van der Waals surface area contributed by atoms with Crippen LogP contribution in [0.25, 0.3) is 10.8 Å². The van der Waals surface area contributed by atoms with Gasteiger partial charge in [0.2, 0.25) is 0 Å². The molecule has 0 saturated heterocycles. The summed E-state index contributed by atoms with van der Waals surface area (Å²) < 4.78 is 0. The van der Waals surface area contributed by atoms with Gasteiger partial charge < -0.3 is 5.32 Å². The van der Waals surface area contributed by atoms with Crippen molar-refractivity contribution in [1.82, 2.24) is 10.3 Å². The molecule has 0 amide bonds. The molecule has 1 aromatic heterocycles. The van der Waals surface area contributed by atoms with Crippen LogP contribution in [0.15, 0.2) is 65.7 Å². The van der Waals surface area contributed by atoms with Crippen molar-refractivity contribution in [2.45, 2.75) is 11.4 Å².